The lowest BCUT2D eigenvalue weighted by molar-refractivity contribution is -0.585. The molecule has 0 fully saturated rings. The van der Waals surface area contributed by atoms with Crippen molar-refractivity contribution in [2.75, 3.05) is 6.54 Å². The molecule has 16 heavy (non-hydrogen) atoms. The van der Waals surface area contributed by atoms with Crippen molar-refractivity contribution in [1.82, 2.24) is 5.32 Å². The number of hydrogen-bond donors (Lipinski definition) is 1. The quantitative estimate of drug-likeness (QED) is 0.446. The third-order valence-electron chi connectivity index (χ3n) is 2.08. The van der Waals surface area contributed by atoms with Crippen LogP contribution in [0.2, 0.25) is 0 Å². The number of rotatable bonds is 4. The van der Waals surface area contributed by atoms with Gasteiger partial charge in [0.1, 0.15) is 0 Å². The van der Waals surface area contributed by atoms with Gasteiger partial charge in [-0.15, -0.1) is 4.39 Å². The monoisotopic (exact) mass is 227 g/mol. The molecule has 1 rings (SSSR count). The van der Waals surface area contributed by atoms with Gasteiger partial charge in [0.25, 0.3) is 5.91 Å². The molecule has 0 saturated carbocycles. The summed E-state index contributed by atoms with van der Waals surface area (Å²) in [6, 6.07) is -0.0999. The Balaban J connectivity index is 0.00000256. The van der Waals surface area contributed by atoms with Crippen LogP contribution in [0.3, 0.4) is 0 Å². The van der Waals surface area contributed by atoms with Crippen LogP contribution in [0.4, 0.5) is 4.39 Å². The van der Waals surface area contributed by atoms with Crippen LogP contribution < -0.4 is 5.32 Å². The Morgan fingerprint density at radius 1 is 1.75 bits per heavy atom. The molecule has 1 amide bonds. The van der Waals surface area contributed by atoms with Gasteiger partial charge in [-0.25, -0.2) is 0 Å². The van der Waals surface area contributed by atoms with Crippen molar-refractivity contribution in [3.8, 4) is 0 Å². The summed E-state index contributed by atoms with van der Waals surface area (Å²) in [5.74, 6) is -1.03. The smallest absolute Gasteiger partial charge is 0.348 e. The van der Waals surface area contributed by atoms with Crippen molar-refractivity contribution < 1.29 is 15.3 Å². The molecule has 4 nitrogen and oxygen atoms in total. The van der Waals surface area contributed by atoms with E-state index in [-0.39, 0.29) is 13.0 Å². The summed E-state index contributed by atoms with van der Waals surface area (Å²) in [4.78, 5) is 11.5. The van der Waals surface area contributed by atoms with Gasteiger partial charge in [-0.05, 0) is 25.9 Å². The average molecular weight is 227 g/mol. The van der Waals surface area contributed by atoms with Crippen LogP contribution in [0.25, 0.3) is 0 Å². The van der Waals surface area contributed by atoms with Gasteiger partial charge in [0.2, 0.25) is 0 Å². The van der Waals surface area contributed by atoms with Gasteiger partial charge in [-0.1, -0.05) is 16.8 Å². The topological polar surface area (TPSA) is 44.5 Å². The first kappa shape index (κ1) is 12.5. The number of halogens is 1. The van der Waals surface area contributed by atoms with E-state index < -0.39 is 11.9 Å². The fourth-order valence-corrected chi connectivity index (χ4v) is 1.22. The van der Waals surface area contributed by atoms with E-state index in [0.29, 0.717) is 6.54 Å². The second kappa shape index (κ2) is 5.53. The van der Waals surface area contributed by atoms with Crippen molar-refractivity contribution in [2.24, 2.45) is 5.11 Å². The van der Waals surface area contributed by atoms with E-state index in [2.05, 4.69) is 10.4 Å². The fourth-order valence-electron chi connectivity index (χ4n) is 1.22. The van der Waals surface area contributed by atoms with Crippen LogP contribution >= 0.6 is 0 Å². The number of carbonyl (C=O) groups is 1. The van der Waals surface area contributed by atoms with Gasteiger partial charge >= 0.3 is 5.95 Å². The number of amides is 1. The Morgan fingerprint density at radius 3 is 2.94 bits per heavy atom. The second-order valence-electron chi connectivity index (χ2n) is 3.67. The van der Waals surface area contributed by atoms with Crippen molar-refractivity contribution in [1.29, 1.82) is 0 Å². The minimum atomic E-state index is -0.590. The van der Waals surface area contributed by atoms with Gasteiger partial charge in [-0.3, -0.25) is 4.79 Å². The molecule has 1 heterocycles. The molecule has 0 atom stereocenters. The molecule has 0 bridgehead atoms. The molecule has 1 radical (unpaired) electrons. The lowest BCUT2D eigenvalue weighted by Gasteiger charge is -1.99. The predicted octanol–water partition coefficient (Wildman–Crippen LogP) is 2.15. The maximum atomic E-state index is 13.7. The van der Waals surface area contributed by atoms with E-state index in [1.165, 1.54) is 11.2 Å². The van der Waals surface area contributed by atoms with Crippen LogP contribution in [-0.4, -0.2) is 23.2 Å². The molecule has 89 valence electrons. The number of allylic oxidation sites excluding steroid dienone is 1. The van der Waals surface area contributed by atoms with E-state index in [1.54, 1.807) is 19.9 Å². The van der Waals surface area contributed by atoms with E-state index in [9.17, 15) is 9.18 Å². The van der Waals surface area contributed by atoms with Crippen molar-refractivity contribution in [3.63, 3.8) is 0 Å². The molecule has 5 heteroatoms. The molecular weight excluding hydrogens is 209 g/mol. The summed E-state index contributed by atoms with van der Waals surface area (Å²) in [6.45, 7) is 7.10. The summed E-state index contributed by atoms with van der Waals surface area (Å²) >= 11 is 0. The first-order valence-corrected chi connectivity index (χ1v) is 5.20. The zero-order valence-corrected chi connectivity index (χ0v) is 9.70. The lowest BCUT2D eigenvalue weighted by Crippen LogP contribution is -2.25. The maximum Gasteiger partial charge on any atom is 0.396 e. The molecule has 0 unspecified atom stereocenters. The first-order valence-electron chi connectivity index (χ1n) is 5.20. The molecule has 1 N–H and O–H groups in total. The minimum absolute atomic E-state index is 0. The largest absolute Gasteiger partial charge is 0.396 e. The van der Waals surface area contributed by atoms with Crippen LogP contribution in [0.1, 0.15) is 22.2 Å². The Kier molecular flexibility index (Phi) is 4.34. The Hall–Kier alpha value is -1.52. The Labute approximate surface area is 96.0 Å². The average Bonchev–Trinajstić information content (AvgIpc) is 2.60. The van der Waals surface area contributed by atoms with Crippen molar-refractivity contribution in [2.45, 2.75) is 26.8 Å². The van der Waals surface area contributed by atoms with Gasteiger partial charge in [0.05, 0.1) is 0 Å². The maximum absolute atomic E-state index is 13.7. The number of nitrogens with zero attached hydrogens (tertiary/aromatic N) is 2. The second-order valence-corrected chi connectivity index (χ2v) is 3.67. The van der Waals surface area contributed by atoms with Gasteiger partial charge < -0.3 is 5.32 Å². The summed E-state index contributed by atoms with van der Waals surface area (Å²) in [5.41, 5.74) is -0.0156. The minimum Gasteiger partial charge on any atom is -0.348 e. The van der Waals surface area contributed by atoms with E-state index in [4.69, 9.17) is 0 Å². The summed E-state index contributed by atoms with van der Waals surface area (Å²) < 4.78 is 14.8. The molecule has 1 aliphatic rings. The molecule has 0 aliphatic carbocycles. The molecule has 0 aromatic carbocycles. The SMILES string of the molecule is C/C=C/CNC(=O)C1=C(F)[N+](C(C)C)=N[CH]1.[HH]. The van der Waals surface area contributed by atoms with Crippen molar-refractivity contribution >= 4 is 5.91 Å². The van der Waals surface area contributed by atoms with Crippen LogP contribution in [0.5, 0.6) is 0 Å². The first-order chi connectivity index (χ1) is 7.57. The molecule has 0 aromatic heterocycles. The number of carbonyl (C=O) groups excluding carboxylic acids is 1. The van der Waals surface area contributed by atoms with Gasteiger partial charge in [0.15, 0.2) is 18.2 Å². The molecular formula is C11H18FN3O+. The highest BCUT2D eigenvalue weighted by Gasteiger charge is 2.34. The molecule has 0 saturated heterocycles. The summed E-state index contributed by atoms with van der Waals surface area (Å²) in [6.07, 6.45) is 3.59. The zero-order chi connectivity index (χ0) is 12.1. The standard InChI is InChI=1S/C11H15FN3O.H2/c1-4-5-6-13-11(16)9-7-14-15(8(2)3)10(9)12;/h4-5,7-8H,6H2,1-3H3;1H/p+1/b5-4+;. The highest BCUT2D eigenvalue weighted by Crippen LogP contribution is 2.21. The van der Waals surface area contributed by atoms with E-state index >= 15 is 0 Å². The number of nitrogens with one attached hydrogen (secondary N) is 1. The summed E-state index contributed by atoms with van der Waals surface area (Å²) in [5, 5.41) is 6.40. The molecule has 1 aliphatic heterocycles. The van der Waals surface area contributed by atoms with Crippen LogP contribution in [-0.2, 0) is 4.79 Å². The Morgan fingerprint density at radius 2 is 2.44 bits per heavy atom. The summed E-state index contributed by atoms with van der Waals surface area (Å²) in [7, 11) is 0. The third kappa shape index (κ3) is 2.74. The normalized spacial score (nSPS) is 16.2. The van der Waals surface area contributed by atoms with Gasteiger partial charge in [0, 0.05) is 7.97 Å². The molecule has 0 spiro atoms. The molecule has 0 aromatic rings. The van der Waals surface area contributed by atoms with E-state index in [0.717, 1.165) is 0 Å². The lowest BCUT2D eigenvalue weighted by atomic mass is 10.2. The predicted molar refractivity (Wildman–Crippen MR) is 60.2 cm³/mol. The highest BCUT2D eigenvalue weighted by molar-refractivity contribution is 5.95. The van der Waals surface area contributed by atoms with Crippen molar-refractivity contribution in [3.05, 3.63) is 30.2 Å². The van der Waals surface area contributed by atoms with E-state index in [1.807, 2.05) is 13.0 Å². The third-order valence-corrected chi connectivity index (χ3v) is 2.08. The Bertz CT molecular complexity index is 375. The number of azo groups is 2. The zero-order valence-electron chi connectivity index (χ0n) is 9.70. The fraction of sp³-hybridized carbons (Fsp3) is 0.455. The van der Waals surface area contributed by atoms with Crippen LogP contribution in [0.15, 0.2) is 28.8 Å². The van der Waals surface area contributed by atoms with Crippen LogP contribution in [0, 0.1) is 6.54 Å². The number of hydrogen-bond acceptors (Lipinski definition) is 2. The van der Waals surface area contributed by atoms with Gasteiger partial charge in [-0.2, -0.15) is 0 Å². The highest BCUT2D eigenvalue weighted by atomic mass is 19.1.